The third-order valence-electron chi connectivity index (χ3n) is 5.58. The molecule has 0 bridgehead atoms. The fourth-order valence-electron chi connectivity index (χ4n) is 4.07. The topological polar surface area (TPSA) is 35.6 Å². The molecule has 1 heterocycles. The van der Waals surface area contributed by atoms with Crippen LogP contribution in [0.15, 0.2) is 42.5 Å². The lowest BCUT2D eigenvalue weighted by atomic mass is 9.99. The number of likely N-dealkylation sites (tertiary alicyclic amines) is 1. The lowest BCUT2D eigenvalue weighted by Gasteiger charge is -2.38. The lowest BCUT2D eigenvalue weighted by Crippen LogP contribution is -2.51. The molecule has 2 aromatic rings. The number of fused-ring (bicyclic) bond motifs is 1. The van der Waals surface area contributed by atoms with Gasteiger partial charge in [-0.15, -0.1) is 0 Å². The Morgan fingerprint density at radius 2 is 1.78 bits per heavy atom. The summed E-state index contributed by atoms with van der Waals surface area (Å²) >= 11 is 0. The first-order chi connectivity index (χ1) is 13.0. The van der Waals surface area contributed by atoms with Crippen LogP contribution in [0, 0.1) is 5.92 Å². The number of piperidine rings is 1. The number of carbonyl (C=O) groups is 1. The monoisotopic (exact) mass is 367 g/mol. The van der Waals surface area contributed by atoms with Gasteiger partial charge in [-0.1, -0.05) is 56.3 Å². The van der Waals surface area contributed by atoms with Crippen molar-refractivity contribution in [1.29, 1.82) is 0 Å². The summed E-state index contributed by atoms with van der Waals surface area (Å²) in [7, 11) is 2.16. The van der Waals surface area contributed by atoms with Crippen LogP contribution in [0.5, 0.6) is 0 Å². The molecular formula is C23H33N3O. The average Bonchev–Trinajstić information content (AvgIpc) is 2.66. The maximum absolute atomic E-state index is 13.2. The maximum Gasteiger partial charge on any atom is 0.318 e. The van der Waals surface area contributed by atoms with E-state index < -0.39 is 0 Å². The maximum atomic E-state index is 13.2. The minimum absolute atomic E-state index is 0.0236. The molecule has 146 valence electrons. The summed E-state index contributed by atoms with van der Waals surface area (Å²) < 4.78 is 0. The van der Waals surface area contributed by atoms with E-state index in [-0.39, 0.29) is 12.1 Å². The Morgan fingerprint density at radius 1 is 1.11 bits per heavy atom. The van der Waals surface area contributed by atoms with Crippen LogP contribution >= 0.6 is 0 Å². The van der Waals surface area contributed by atoms with Gasteiger partial charge in [0, 0.05) is 12.6 Å². The quantitative estimate of drug-likeness (QED) is 0.834. The number of hydrogen-bond donors (Lipinski definition) is 1. The second-order valence-corrected chi connectivity index (χ2v) is 8.32. The van der Waals surface area contributed by atoms with E-state index in [1.807, 2.05) is 0 Å². The molecule has 2 amide bonds. The molecule has 1 aliphatic heterocycles. The Labute approximate surface area is 163 Å². The molecule has 4 heteroatoms. The van der Waals surface area contributed by atoms with Gasteiger partial charge in [0.25, 0.3) is 0 Å². The first kappa shape index (κ1) is 19.7. The lowest BCUT2D eigenvalue weighted by molar-refractivity contribution is 0.121. The molecule has 0 aromatic heterocycles. The molecule has 0 aliphatic carbocycles. The minimum Gasteiger partial charge on any atom is -0.331 e. The molecule has 0 radical (unpaired) electrons. The van der Waals surface area contributed by atoms with Crippen LogP contribution in [0.3, 0.4) is 0 Å². The van der Waals surface area contributed by atoms with Crippen molar-refractivity contribution in [2.75, 3.05) is 26.7 Å². The van der Waals surface area contributed by atoms with E-state index in [1.165, 1.54) is 16.3 Å². The number of urea groups is 1. The molecule has 4 nitrogen and oxygen atoms in total. The summed E-state index contributed by atoms with van der Waals surface area (Å²) in [6, 6.07) is 15.1. The molecule has 1 saturated heterocycles. The van der Waals surface area contributed by atoms with E-state index in [0.717, 1.165) is 32.5 Å². The SMILES string of the molecule is CC(C)CN(C(=O)NC(C)c1cccc2ccccc12)C1CCN(C)CC1. The smallest absolute Gasteiger partial charge is 0.318 e. The van der Waals surface area contributed by atoms with Crippen molar-refractivity contribution in [2.45, 2.75) is 45.7 Å². The molecule has 3 rings (SSSR count). The Balaban J connectivity index is 1.75. The first-order valence-corrected chi connectivity index (χ1v) is 10.2. The predicted molar refractivity (Wildman–Crippen MR) is 113 cm³/mol. The molecule has 0 spiro atoms. The number of nitrogens with zero attached hydrogens (tertiary/aromatic N) is 2. The summed E-state index contributed by atoms with van der Waals surface area (Å²) in [5.74, 6) is 0.461. The Morgan fingerprint density at radius 3 is 2.48 bits per heavy atom. The van der Waals surface area contributed by atoms with E-state index in [9.17, 15) is 4.79 Å². The molecule has 27 heavy (non-hydrogen) atoms. The van der Waals surface area contributed by atoms with E-state index in [0.29, 0.717) is 12.0 Å². The van der Waals surface area contributed by atoms with Gasteiger partial charge < -0.3 is 15.1 Å². The fourth-order valence-corrected chi connectivity index (χ4v) is 4.07. The largest absolute Gasteiger partial charge is 0.331 e. The molecular weight excluding hydrogens is 334 g/mol. The zero-order chi connectivity index (χ0) is 19.4. The van der Waals surface area contributed by atoms with E-state index >= 15 is 0 Å². The molecule has 1 N–H and O–H groups in total. The molecule has 2 aromatic carbocycles. The van der Waals surface area contributed by atoms with Crippen LogP contribution in [-0.2, 0) is 0 Å². The van der Waals surface area contributed by atoms with Crippen LogP contribution in [0.2, 0.25) is 0 Å². The number of rotatable bonds is 5. The van der Waals surface area contributed by atoms with Crippen LogP contribution in [0.4, 0.5) is 4.79 Å². The van der Waals surface area contributed by atoms with Crippen LogP contribution < -0.4 is 5.32 Å². The zero-order valence-corrected chi connectivity index (χ0v) is 17.1. The number of carbonyl (C=O) groups excluding carboxylic acids is 1. The third kappa shape index (κ3) is 4.81. The standard InChI is InChI=1S/C23H33N3O/c1-17(2)16-26(20-12-14-25(4)15-13-20)23(27)24-18(3)21-11-7-9-19-8-5-6-10-22(19)21/h5-11,17-18,20H,12-16H2,1-4H3,(H,24,27). The number of amides is 2. The second-order valence-electron chi connectivity index (χ2n) is 8.32. The number of benzene rings is 2. The second kappa shape index (κ2) is 8.75. The zero-order valence-electron chi connectivity index (χ0n) is 17.1. The van der Waals surface area contributed by atoms with Crippen LogP contribution in [0.1, 0.15) is 45.2 Å². The Kier molecular flexibility index (Phi) is 6.38. The van der Waals surface area contributed by atoms with Crippen molar-refractivity contribution in [3.8, 4) is 0 Å². The van der Waals surface area contributed by atoms with Gasteiger partial charge in [0.2, 0.25) is 0 Å². The molecule has 1 atom stereocenters. The highest BCUT2D eigenvalue weighted by molar-refractivity contribution is 5.86. The number of hydrogen-bond acceptors (Lipinski definition) is 2. The van der Waals surface area contributed by atoms with Gasteiger partial charge in [0.05, 0.1) is 6.04 Å². The molecule has 1 fully saturated rings. The van der Waals surface area contributed by atoms with E-state index in [1.54, 1.807) is 0 Å². The van der Waals surface area contributed by atoms with Crippen molar-refractivity contribution in [1.82, 2.24) is 15.1 Å². The fraction of sp³-hybridized carbons (Fsp3) is 0.522. The normalized spacial score (nSPS) is 17.2. The summed E-state index contributed by atoms with van der Waals surface area (Å²) in [6.07, 6.45) is 2.11. The summed E-state index contributed by atoms with van der Waals surface area (Å²) in [6.45, 7) is 9.38. The summed E-state index contributed by atoms with van der Waals surface area (Å²) in [5, 5.41) is 5.70. The molecule has 1 aliphatic rings. The van der Waals surface area contributed by atoms with E-state index in [2.05, 4.69) is 85.4 Å². The van der Waals surface area contributed by atoms with Crippen molar-refractivity contribution >= 4 is 16.8 Å². The summed E-state index contributed by atoms with van der Waals surface area (Å²) in [5.41, 5.74) is 1.18. The highest BCUT2D eigenvalue weighted by Gasteiger charge is 2.28. The summed E-state index contributed by atoms with van der Waals surface area (Å²) in [4.78, 5) is 17.6. The van der Waals surface area contributed by atoms with Gasteiger partial charge in [-0.3, -0.25) is 0 Å². The Bertz CT molecular complexity index is 760. The van der Waals surface area contributed by atoms with Crippen LogP contribution in [-0.4, -0.2) is 48.6 Å². The van der Waals surface area contributed by atoms with E-state index in [4.69, 9.17) is 0 Å². The minimum atomic E-state index is -0.0236. The van der Waals surface area contributed by atoms with Crippen molar-refractivity contribution in [3.05, 3.63) is 48.0 Å². The van der Waals surface area contributed by atoms with Gasteiger partial charge in [0.15, 0.2) is 0 Å². The van der Waals surface area contributed by atoms with Crippen LogP contribution in [0.25, 0.3) is 10.8 Å². The highest BCUT2D eigenvalue weighted by atomic mass is 16.2. The van der Waals surface area contributed by atoms with Gasteiger partial charge in [-0.25, -0.2) is 4.79 Å². The van der Waals surface area contributed by atoms with Crippen molar-refractivity contribution in [2.24, 2.45) is 5.92 Å². The van der Waals surface area contributed by atoms with Gasteiger partial charge in [-0.2, -0.15) is 0 Å². The Hall–Kier alpha value is -2.07. The highest BCUT2D eigenvalue weighted by Crippen LogP contribution is 2.25. The first-order valence-electron chi connectivity index (χ1n) is 10.2. The van der Waals surface area contributed by atoms with Gasteiger partial charge in [-0.05, 0) is 62.2 Å². The van der Waals surface area contributed by atoms with Gasteiger partial charge >= 0.3 is 6.03 Å². The predicted octanol–water partition coefficient (Wildman–Crippen LogP) is 4.66. The molecule has 0 saturated carbocycles. The van der Waals surface area contributed by atoms with Gasteiger partial charge in [0.1, 0.15) is 0 Å². The van der Waals surface area contributed by atoms with Crippen molar-refractivity contribution < 1.29 is 4.79 Å². The average molecular weight is 368 g/mol. The molecule has 1 unspecified atom stereocenters. The van der Waals surface area contributed by atoms with Crippen molar-refractivity contribution in [3.63, 3.8) is 0 Å². The number of nitrogens with one attached hydrogen (secondary N) is 1. The third-order valence-corrected chi connectivity index (χ3v) is 5.58.